The third-order valence-corrected chi connectivity index (χ3v) is 2.10. The average Bonchev–Trinajstić information content (AvgIpc) is 2.18. The van der Waals surface area contributed by atoms with Crippen molar-refractivity contribution in [1.82, 2.24) is 4.98 Å². The molecular weight excluding hydrogens is 166 g/mol. The first-order chi connectivity index (χ1) is 6.34. The summed E-state index contributed by atoms with van der Waals surface area (Å²) in [5.74, 6) is 0. The van der Waals surface area contributed by atoms with E-state index < -0.39 is 0 Å². The lowest BCUT2D eigenvalue weighted by atomic mass is 10.2. The number of pyridine rings is 1. The van der Waals surface area contributed by atoms with Crippen molar-refractivity contribution in [3.8, 4) is 0 Å². The third-order valence-electron chi connectivity index (χ3n) is 2.10. The van der Waals surface area contributed by atoms with Gasteiger partial charge in [0.1, 0.15) is 11.0 Å². The maximum absolute atomic E-state index is 11.2. The number of benzene rings is 1. The van der Waals surface area contributed by atoms with Crippen molar-refractivity contribution in [1.29, 1.82) is 0 Å². The maximum Gasteiger partial charge on any atom is 0.362 e. The van der Waals surface area contributed by atoms with E-state index in [1.807, 2.05) is 18.2 Å². The van der Waals surface area contributed by atoms with Crippen molar-refractivity contribution in [3.63, 3.8) is 0 Å². The molecule has 13 heavy (non-hydrogen) atoms. The van der Waals surface area contributed by atoms with Crippen molar-refractivity contribution in [2.45, 2.75) is 0 Å². The second-order valence-corrected chi connectivity index (χ2v) is 2.91. The van der Waals surface area contributed by atoms with Crippen LogP contribution in [0.3, 0.4) is 0 Å². The molecule has 62 valence electrons. The molecule has 3 heteroatoms. The molecule has 2 aromatic heterocycles. The standard InChI is InChI=1S/C10H5NO2/c12-10-7-5-4-6-2-1-3-8(13-10)9(6)11-7/h1-5H. The van der Waals surface area contributed by atoms with Crippen LogP contribution >= 0.6 is 0 Å². The molecule has 0 amide bonds. The molecule has 0 saturated heterocycles. The molecule has 3 nitrogen and oxygen atoms in total. The zero-order valence-electron chi connectivity index (χ0n) is 6.65. The van der Waals surface area contributed by atoms with E-state index in [1.54, 1.807) is 12.1 Å². The summed E-state index contributed by atoms with van der Waals surface area (Å²) < 4.78 is 5.06. The van der Waals surface area contributed by atoms with Crippen molar-refractivity contribution in [2.24, 2.45) is 0 Å². The minimum absolute atomic E-state index is 0.374. The van der Waals surface area contributed by atoms with Crippen molar-refractivity contribution in [2.75, 3.05) is 0 Å². The zero-order chi connectivity index (χ0) is 8.84. The summed E-state index contributed by atoms with van der Waals surface area (Å²) in [6.45, 7) is 0. The minimum Gasteiger partial charge on any atom is -0.419 e. The molecule has 2 bridgehead atoms. The molecule has 0 unspecified atom stereocenters. The Hall–Kier alpha value is -1.90. The highest BCUT2D eigenvalue weighted by molar-refractivity contribution is 5.93. The Morgan fingerprint density at radius 2 is 2.08 bits per heavy atom. The summed E-state index contributed by atoms with van der Waals surface area (Å²) in [5, 5.41) is 0.994. The van der Waals surface area contributed by atoms with Gasteiger partial charge in [0.15, 0.2) is 5.58 Å². The molecule has 0 aliphatic carbocycles. The van der Waals surface area contributed by atoms with Crippen LogP contribution in [0, 0.1) is 0 Å². The van der Waals surface area contributed by atoms with Gasteiger partial charge in [-0.2, -0.15) is 0 Å². The van der Waals surface area contributed by atoms with E-state index in [1.165, 1.54) is 0 Å². The monoisotopic (exact) mass is 171 g/mol. The van der Waals surface area contributed by atoms with Gasteiger partial charge in [0.05, 0.1) is 0 Å². The van der Waals surface area contributed by atoms with Gasteiger partial charge in [0.2, 0.25) is 0 Å². The Labute approximate surface area is 73.0 Å². The van der Waals surface area contributed by atoms with Crippen molar-refractivity contribution >= 4 is 22.0 Å². The van der Waals surface area contributed by atoms with Crippen LogP contribution in [-0.2, 0) is 0 Å². The second kappa shape index (κ2) is 2.07. The van der Waals surface area contributed by atoms with E-state index in [4.69, 9.17) is 4.42 Å². The Bertz CT molecular complexity index is 627. The molecule has 0 N–H and O–H groups in total. The van der Waals surface area contributed by atoms with E-state index in [9.17, 15) is 4.79 Å². The number of fused-ring (bicyclic) bond motifs is 1. The van der Waals surface area contributed by atoms with E-state index in [2.05, 4.69) is 4.98 Å². The maximum atomic E-state index is 11.2. The van der Waals surface area contributed by atoms with Crippen LogP contribution in [0.5, 0.6) is 0 Å². The molecule has 0 spiro atoms. The largest absolute Gasteiger partial charge is 0.419 e. The lowest BCUT2D eigenvalue weighted by Gasteiger charge is -2.00. The first-order valence-corrected chi connectivity index (χ1v) is 3.96. The highest BCUT2D eigenvalue weighted by Crippen LogP contribution is 2.18. The first-order valence-electron chi connectivity index (χ1n) is 3.96. The number of aromatic nitrogens is 1. The highest BCUT2D eigenvalue weighted by Gasteiger charge is 2.05. The summed E-state index contributed by atoms with van der Waals surface area (Å²) in [6, 6.07) is 9.08. The van der Waals surface area contributed by atoms with Crippen LogP contribution in [-0.4, -0.2) is 4.98 Å². The topological polar surface area (TPSA) is 43.1 Å². The zero-order valence-corrected chi connectivity index (χ0v) is 6.65. The van der Waals surface area contributed by atoms with Gasteiger partial charge in [-0.1, -0.05) is 18.2 Å². The molecule has 0 aliphatic rings. The fourth-order valence-corrected chi connectivity index (χ4v) is 1.47. The SMILES string of the molecule is O=c1oc2cccc3ccc1nc32. The van der Waals surface area contributed by atoms with Gasteiger partial charge < -0.3 is 4.42 Å². The summed E-state index contributed by atoms with van der Waals surface area (Å²) in [6.07, 6.45) is 0. The van der Waals surface area contributed by atoms with Crippen LogP contribution in [0.1, 0.15) is 0 Å². The molecule has 0 radical (unpaired) electrons. The van der Waals surface area contributed by atoms with Crippen molar-refractivity contribution in [3.05, 3.63) is 40.8 Å². The predicted molar refractivity (Wildman–Crippen MR) is 49.0 cm³/mol. The van der Waals surface area contributed by atoms with Crippen molar-refractivity contribution < 1.29 is 4.42 Å². The predicted octanol–water partition coefficient (Wildman–Crippen LogP) is 1.78. The van der Waals surface area contributed by atoms with E-state index in [0.29, 0.717) is 11.1 Å². The van der Waals surface area contributed by atoms with Crippen LogP contribution in [0.4, 0.5) is 0 Å². The molecule has 2 heterocycles. The van der Waals surface area contributed by atoms with Gasteiger partial charge in [0, 0.05) is 5.39 Å². The van der Waals surface area contributed by atoms with Crippen LogP contribution < -0.4 is 5.63 Å². The second-order valence-electron chi connectivity index (χ2n) is 2.91. The van der Waals surface area contributed by atoms with Crippen LogP contribution in [0.15, 0.2) is 39.5 Å². The number of hydrogen-bond acceptors (Lipinski definition) is 3. The molecule has 0 fully saturated rings. The molecule has 1 aromatic carbocycles. The normalized spacial score (nSPS) is 11.4. The average molecular weight is 171 g/mol. The van der Waals surface area contributed by atoms with Crippen LogP contribution in [0.25, 0.3) is 22.0 Å². The minimum atomic E-state index is -0.374. The summed E-state index contributed by atoms with van der Waals surface area (Å²) in [4.78, 5) is 15.4. The summed E-state index contributed by atoms with van der Waals surface area (Å²) in [5.41, 5.74) is 1.32. The first kappa shape index (κ1) is 6.60. The molecule has 3 rings (SSSR count). The number of hydrogen-bond donors (Lipinski definition) is 0. The fraction of sp³-hybridized carbons (Fsp3) is 0. The third kappa shape index (κ3) is 0.783. The fourth-order valence-electron chi connectivity index (χ4n) is 1.47. The number of nitrogens with zero attached hydrogens (tertiary/aromatic N) is 1. The van der Waals surface area contributed by atoms with Gasteiger partial charge >= 0.3 is 5.63 Å². The summed E-state index contributed by atoms with van der Waals surface area (Å²) >= 11 is 0. The van der Waals surface area contributed by atoms with Crippen LogP contribution in [0.2, 0.25) is 0 Å². The number of rotatable bonds is 0. The Morgan fingerprint density at radius 1 is 1.15 bits per heavy atom. The lowest BCUT2D eigenvalue weighted by Crippen LogP contribution is -2.02. The Kier molecular flexibility index (Phi) is 1.05. The highest BCUT2D eigenvalue weighted by atomic mass is 16.4. The molecule has 3 aromatic rings. The summed E-state index contributed by atoms with van der Waals surface area (Å²) in [7, 11) is 0. The van der Waals surface area contributed by atoms with Gasteiger partial charge in [0.25, 0.3) is 0 Å². The number of para-hydroxylation sites is 1. The molecule has 0 saturated carbocycles. The molecule has 0 aliphatic heterocycles. The molecule has 0 atom stereocenters. The van der Waals surface area contributed by atoms with Gasteiger partial charge in [-0.15, -0.1) is 0 Å². The van der Waals surface area contributed by atoms with E-state index in [0.717, 1.165) is 10.9 Å². The van der Waals surface area contributed by atoms with Gasteiger partial charge in [-0.25, -0.2) is 9.78 Å². The Balaban J connectivity index is 2.77. The Morgan fingerprint density at radius 3 is 3.00 bits per heavy atom. The quantitative estimate of drug-likeness (QED) is 0.517. The lowest BCUT2D eigenvalue weighted by molar-refractivity contribution is 0.564. The van der Waals surface area contributed by atoms with Gasteiger partial charge in [-0.05, 0) is 12.1 Å². The smallest absolute Gasteiger partial charge is 0.362 e. The van der Waals surface area contributed by atoms with E-state index in [-0.39, 0.29) is 5.63 Å². The van der Waals surface area contributed by atoms with Gasteiger partial charge in [-0.3, -0.25) is 0 Å². The van der Waals surface area contributed by atoms with E-state index >= 15 is 0 Å². The molecular formula is C10H5NO2.